The summed E-state index contributed by atoms with van der Waals surface area (Å²) in [6.07, 6.45) is 0. The van der Waals surface area contributed by atoms with Crippen LogP contribution in [-0.2, 0) is 10.8 Å². The maximum Gasteiger partial charge on any atom is 0.136 e. The Morgan fingerprint density at radius 1 is 0.568 bits per heavy atom. The van der Waals surface area contributed by atoms with Gasteiger partial charge in [0.05, 0.1) is 5.41 Å². The maximum atomic E-state index is 7.03. The summed E-state index contributed by atoms with van der Waals surface area (Å²) in [5.41, 5.74) is 13.1. The van der Waals surface area contributed by atoms with Crippen molar-refractivity contribution in [1.82, 2.24) is 0 Å². The van der Waals surface area contributed by atoms with Gasteiger partial charge in [-0.15, -0.1) is 0 Å². The molecule has 8 rings (SSSR count). The lowest BCUT2D eigenvalue weighted by molar-refractivity contribution is 0.419. The summed E-state index contributed by atoms with van der Waals surface area (Å²) >= 11 is 6.50. The Morgan fingerprint density at radius 2 is 1.16 bits per heavy atom. The Bertz CT molecular complexity index is 1760. The summed E-state index contributed by atoms with van der Waals surface area (Å²) < 4.78 is 7.03. The van der Waals surface area contributed by atoms with Gasteiger partial charge < -0.3 is 4.74 Å². The third kappa shape index (κ3) is 2.42. The molecule has 0 atom stereocenters. The predicted octanol–water partition coefficient (Wildman–Crippen LogP) is 9.42. The number of benzene rings is 5. The van der Waals surface area contributed by atoms with E-state index in [0.717, 1.165) is 22.1 Å². The molecule has 3 aliphatic rings. The second kappa shape index (κ2) is 6.94. The summed E-state index contributed by atoms with van der Waals surface area (Å²) in [5.74, 6) is 1.96. The Hall–Kier alpha value is -3.81. The minimum Gasteiger partial charge on any atom is -0.456 e. The Morgan fingerprint density at radius 3 is 1.89 bits per heavy atom. The molecule has 37 heavy (non-hydrogen) atoms. The van der Waals surface area contributed by atoms with Gasteiger partial charge in [0, 0.05) is 27.1 Å². The van der Waals surface area contributed by atoms with E-state index in [-0.39, 0.29) is 5.41 Å². The highest BCUT2D eigenvalue weighted by Crippen LogP contribution is 2.65. The Labute approximate surface area is 222 Å². The highest BCUT2D eigenvalue weighted by atomic mass is 35.5. The molecule has 5 aromatic carbocycles. The van der Waals surface area contributed by atoms with E-state index in [2.05, 4.69) is 112 Å². The van der Waals surface area contributed by atoms with Crippen LogP contribution in [0.3, 0.4) is 0 Å². The fourth-order valence-corrected chi connectivity index (χ4v) is 7.55. The fourth-order valence-electron chi connectivity index (χ4n) is 7.38. The van der Waals surface area contributed by atoms with E-state index in [1.807, 2.05) is 6.07 Å². The summed E-state index contributed by atoms with van der Waals surface area (Å²) in [5, 5.41) is 0.769. The van der Waals surface area contributed by atoms with Gasteiger partial charge in [-0.25, -0.2) is 0 Å². The van der Waals surface area contributed by atoms with Crippen LogP contribution in [0.15, 0.2) is 97.1 Å². The second-order valence-electron chi connectivity index (χ2n) is 11.1. The van der Waals surface area contributed by atoms with E-state index in [0.29, 0.717) is 0 Å². The molecular formula is C35H25ClO. The van der Waals surface area contributed by atoms with Gasteiger partial charge in [-0.05, 0) is 63.6 Å². The monoisotopic (exact) mass is 496 g/mol. The quantitative estimate of drug-likeness (QED) is 0.203. The molecular weight excluding hydrogens is 472 g/mol. The zero-order chi connectivity index (χ0) is 25.1. The SMILES string of the molecule is Cc1cccc2c1Oc1c(ccc3c1C(C)(C)c1cc(Cl)ccc1-3)C21c2ccccc2-c2ccccc21. The average molecular weight is 497 g/mol. The zero-order valence-corrected chi connectivity index (χ0v) is 21.8. The molecule has 2 aliphatic carbocycles. The largest absolute Gasteiger partial charge is 0.456 e. The van der Waals surface area contributed by atoms with E-state index in [1.54, 1.807) is 0 Å². The first-order chi connectivity index (χ1) is 17.9. The molecule has 0 fully saturated rings. The number of hydrogen-bond donors (Lipinski definition) is 0. The Balaban J connectivity index is 1.56. The molecule has 1 heterocycles. The molecule has 0 N–H and O–H groups in total. The first-order valence-corrected chi connectivity index (χ1v) is 13.3. The predicted molar refractivity (Wildman–Crippen MR) is 151 cm³/mol. The highest BCUT2D eigenvalue weighted by molar-refractivity contribution is 6.30. The van der Waals surface area contributed by atoms with Crippen LogP contribution in [0.1, 0.15) is 52.8 Å². The number of rotatable bonds is 0. The van der Waals surface area contributed by atoms with Crippen LogP contribution in [0.25, 0.3) is 22.3 Å². The highest BCUT2D eigenvalue weighted by Gasteiger charge is 2.53. The van der Waals surface area contributed by atoms with Crippen molar-refractivity contribution in [2.24, 2.45) is 0 Å². The van der Waals surface area contributed by atoms with Gasteiger partial charge in [0.25, 0.3) is 0 Å². The van der Waals surface area contributed by atoms with Gasteiger partial charge in [0.1, 0.15) is 11.5 Å². The van der Waals surface area contributed by atoms with Crippen molar-refractivity contribution < 1.29 is 4.74 Å². The first-order valence-electron chi connectivity index (χ1n) is 12.9. The summed E-state index contributed by atoms with van der Waals surface area (Å²) in [6, 6.07) is 35.3. The molecule has 2 heteroatoms. The van der Waals surface area contributed by atoms with Gasteiger partial charge >= 0.3 is 0 Å². The molecule has 0 radical (unpaired) electrons. The van der Waals surface area contributed by atoms with Crippen molar-refractivity contribution in [3.8, 4) is 33.8 Å². The molecule has 0 saturated heterocycles. The third-order valence-corrected chi connectivity index (χ3v) is 9.14. The number of halogens is 1. The minimum atomic E-state index is -0.445. The van der Waals surface area contributed by atoms with Crippen LogP contribution in [0, 0.1) is 6.92 Å². The molecule has 178 valence electrons. The van der Waals surface area contributed by atoms with Crippen LogP contribution in [0.2, 0.25) is 5.02 Å². The molecule has 5 aromatic rings. The minimum absolute atomic E-state index is 0.250. The van der Waals surface area contributed by atoms with Crippen LogP contribution in [-0.4, -0.2) is 0 Å². The fraction of sp³-hybridized carbons (Fsp3) is 0.143. The van der Waals surface area contributed by atoms with Gasteiger partial charge in [-0.3, -0.25) is 0 Å². The molecule has 0 saturated carbocycles. The van der Waals surface area contributed by atoms with Crippen LogP contribution < -0.4 is 4.74 Å². The van der Waals surface area contributed by atoms with E-state index in [9.17, 15) is 0 Å². The van der Waals surface area contributed by atoms with Crippen molar-refractivity contribution in [1.29, 1.82) is 0 Å². The van der Waals surface area contributed by atoms with Crippen LogP contribution >= 0.6 is 11.6 Å². The van der Waals surface area contributed by atoms with E-state index in [1.165, 1.54) is 55.6 Å². The smallest absolute Gasteiger partial charge is 0.136 e. The van der Waals surface area contributed by atoms with E-state index < -0.39 is 5.41 Å². The molecule has 1 nitrogen and oxygen atoms in total. The topological polar surface area (TPSA) is 9.23 Å². The molecule has 0 bridgehead atoms. The Kier molecular flexibility index (Phi) is 3.99. The second-order valence-corrected chi connectivity index (χ2v) is 11.5. The number of ether oxygens (including phenoxy) is 1. The standard InChI is InChI=1S/C35H25ClO/c1-20-9-8-14-28-32(20)37-33-29(18-17-25-24-16-15-21(36)19-30(24)34(2,3)31(25)33)35(28)26-12-6-4-10-22(26)23-11-5-7-13-27(23)35/h4-19H,1-3H3. The van der Waals surface area contributed by atoms with Crippen LogP contribution in [0.5, 0.6) is 11.5 Å². The van der Waals surface area contributed by atoms with Crippen molar-refractivity contribution >= 4 is 11.6 Å². The summed E-state index contributed by atoms with van der Waals surface area (Å²) in [6.45, 7) is 6.76. The first kappa shape index (κ1) is 21.3. The van der Waals surface area contributed by atoms with E-state index >= 15 is 0 Å². The third-order valence-electron chi connectivity index (χ3n) is 8.90. The molecule has 1 aliphatic heterocycles. The van der Waals surface area contributed by atoms with Crippen molar-refractivity contribution in [2.45, 2.75) is 31.6 Å². The average Bonchev–Trinajstić information content (AvgIpc) is 3.32. The van der Waals surface area contributed by atoms with Crippen LogP contribution in [0.4, 0.5) is 0 Å². The summed E-state index contributed by atoms with van der Waals surface area (Å²) in [4.78, 5) is 0. The molecule has 0 amide bonds. The number of fused-ring (bicyclic) bond motifs is 13. The molecule has 0 aromatic heterocycles. The van der Waals surface area contributed by atoms with Gasteiger partial charge in [-0.1, -0.05) is 110 Å². The van der Waals surface area contributed by atoms with Crippen molar-refractivity contribution in [3.63, 3.8) is 0 Å². The number of para-hydroxylation sites is 1. The number of hydrogen-bond acceptors (Lipinski definition) is 1. The molecule has 1 spiro atoms. The van der Waals surface area contributed by atoms with Gasteiger partial charge in [0.15, 0.2) is 0 Å². The molecule has 0 unspecified atom stereocenters. The zero-order valence-electron chi connectivity index (χ0n) is 21.0. The number of aryl methyl sites for hydroxylation is 1. The lowest BCUT2D eigenvalue weighted by atomic mass is 9.64. The maximum absolute atomic E-state index is 7.03. The summed E-state index contributed by atoms with van der Waals surface area (Å²) in [7, 11) is 0. The van der Waals surface area contributed by atoms with Crippen molar-refractivity contribution in [3.05, 3.63) is 141 Å². The lowest BCUT2D eigenvalue weighted by Crippen LogP contribution is -2.33. The van der Waals surface area contributed by atoms with Crippen molar-refractivity contribution in [2.75, 3.05) is 0 Å². The van der Waals surface area contributed by atoms with Gasteiger partial charge in [-0.2, -0.15) is 0 Å². The lowest BCUT2D eigenvalue weighted by Gasteiger charge is -2.41. The van der Waals surface area contributed by atoms with E-state index in [4.69, 9.17) is 16.3 Å². The normalized spacial score (nSPS) is 16.2. The van der Waals surface area contributed by atoms with Gasteiger partial charge in [0.2, 0.25) is 0 Å².